The van der Waals surface area contributed by atoms with Crippen molar-refractivity contribution in [3.05, 3.63) is 12.3 Å². The Morgan fingerprint density at radius 2 is 2.22 bits per heavy atom. The molecule has 1 saturated carbocycles. The third kappa shape index (κ3) is 3.90. The molecule has 0 aromatic carbocycles. The molecule has 7 heteroatoms. The highest BCUT2D eigenvalue weighted by molar-refractivity contribution is 5.87. The number of hydrogen-bond acceptors (Lipinski definition) is 5. The van der Waals surface area contributed by atoms with Gasteiger partial charge in [-0.05, 0) is 12.0 Å². The van der Waals surface area contributed by atoms with E-state index in [2.05, 4.69) is 15.3 Å². The predicted molar refractivity (Wildman–Crippen MR) is 88.6 cm³/mol. The molecule has 1 N–H and O–H groups in total. The van der Waals surface area contributed by atoms with E-state index in [4.69, 9.17) is 4.74 Å². The highest BCUT2D eigenvalue weighted by Crippen LogP contribution is 2.34. The van der Waals surface area contributed by atoms with Crippen LogP contribution in [0.1, 0.15) is 19.3 Å². The number of rotatable bonds is 3. The monoisotopic (exact) mass is 319 g/mol. The molecule has 2 heterocycles. The average molecular weight is 319 g/mol. The fourth-order valence-electron chi connectivity index (χ4n) is 3.05. The lowest BCUT2D eigenvalue weighted by Crippen LogP contribution is -2.41. The third-order valence-electron chi connectivity index (χ3n) is 4.71. The molecule has 0 spiro atoms. The van der Waals surface area contributed by atoms with Gasteiger partial charge in [-0.15, -0.1) is 0 Å². The molecular weight excluding hydrogens is 294 g/mol. The standard InChI is InChI=1S/C16H25N5O2/c1-20(2)14-6-7-17-15(18-14)19-16(22)21-8-9-23-11-13(10-21)12-4-3-5-12/h6-7,12-13H,3-5,8-11H2,1-2H3,(H,17,18,19,22)/t13-/m0/s1. The minimum Gasteiger partial charge on any atom is -0.379 e. The molecule has 7 nitrogen and oxygen atoms in total. The van der Waals surface area contributed by atoms with Gasteiger partial charge in [0.05, 0.1) is 13.2 Å². The zero-order valence-corrected chi connectivity index (χ0v) is 13.9. The van der Waals surface area contributed by atoms with Crippen LogP contribution >= 0.6 is 0 Å². The number of carbonyl (C=O) groups excluding carboxylic acids is 1. The van der Waals surface area contributed by atoms with E-state index in [1.807, 2.05) is 30.0 Å². The van der Waals surface area contributed by atoms with Gasteiger partial charge in [0.1, 0.15) is 5.82 Å². The zero-order valence-electron chi connectivity index (χ0n) is 13.9. The fourth-order valence-corrected chi connectivity index (χ4v) is 3.05. The zero-order chi connectivity index (χ0) is 16.2. The van der Waals surface area contributed by atoms with Gasteiger partial charge in [-0.2, -0.15) is 4.98 Å². The lowest BCUT2D eigenvalue weighted by atomic mass is 9.76. The second-order valence-electron chi connectivity index (χ2n) is 6.54. The highest BCUT2D eigenvalue weighted by Gasteiger charge is 2.32. The summed E-state index contributed by atoms with van der Waals surface area (Å²) in [5, 5.41) is 2.81. The Morgan fingerprint density at radius 1 is 1.39 bits per heavy atom. The van der Waals surface area contributed by atoms with Gasteiger partial charge in [0.15, 0.2) is 0 Å². The first-order chi connectivity index (χ1) is 11.1. The van der Waals surface area contributed by atoms with Crippen LogP contribution in [-0.2, 0) is 4.74 Å². The largest absolute Gasteiger partial charge is 0.379 e. The first-order valence-corrected chi connectivity index (χ1v) is 8.27. The normalized spacial score (nSPS) is 22.2. The van der Waals surface area contributed by atoms with Crippen molar-refractivity contribution in [2.24, 2.45) is 11.8 Å². The summed E-state index contributed by atoms with van der Waals surface area (Å²) < 4.78 is 5.69. The maximum Gasteiger partial charge on any atom is 0.324 e. The SMILES string of the molecule is CN(C)c1ccnc(NC(=O)N2CCOC[C@@H](C3CCC3)C2)n1. The van der Waals surface area contributed by atoms with E-state index in [-0.39, 0.29) is 6.03 Å². The molecule has 3 rings (SSSR count). The number of ether oxygens (including phenoxy) is 1. The number of amides is 2. The molecule has 1 aliphatic heterocycles. The molecule has 23 heavy (non-hydrogen) atoms. The van der Waals surface area contributed by atoms with Crippen LogP contribution in [0.2, 0.25) is 0 Å². The minimum absolute atomic E-state index is 0.143. The minimum atomic E-state index is -0.143. The number of hydrogen-bond donors (Lipinski definition) is 1. The number of nitrogens with one attached hydrogen (secondary N) is 1. The average Bonchev–Trinajstić information content (AvgIpc) is 2.72. The van der Waals surface area contributed by atoms with Crippen molar-refractivity contribution in [1.29, 1.82) is 0 Å². The van der Waals surface area contributed by atoms with Gasteiger partial charge in [-0.3, -0.25) is 5.32 Å². The number of anilines is 2. The highest BCUT2D eigenvalue weighted by atomic mass is 16.5. The molecule has 1 aromatic rings. The van der Waals surface area contributed by atoms with Gasteiger partial charge >= 0.3 is 6.03 Å². The molecule has 0 unspecified atom stereocenters. The maximum atomic E-state index is 12.5. The number of nitrogens with zero attached hydrogens (tertiary/aromatic N) is 4. The van der Waals surface area contributed by atoms with Gasteiger partial charge in [0, 0.05) is 39.3 Å². The Labute approximate surface area is 137 Å². The molecule has 126 valence electrons. The van der Waals surface area contributed by atoms with E-state index in [0.29, 0.717) is 30.9 Å². The number of aromatic nitrogens is 2. The summed E-state index contributed by atoms with van der Waals surface area (Å²) in [4.78, 5) is 24.7. The first kappa shape index (κ1) is 16.0. The van der Waals surface area contributed by atoms with E-state index < -0.39 is 0 Å². The van der Waals surface area contributed by atoms with Gasteiger partial charge in [-0.25, -0.2) is 9.78 Å². The Bertz CT molecular complexity index is 547. The molecule has 0 radical (unpaired) electrons. The quantitative estimate of drug-likeness (QED) is 0.920. The Kier molecular flexibility index (Phi) is 4.95. The predicted octanol–water partition coefficient (Wildman–Crippen LogP) is 1.82. The molecule has 2 aliphatic rings. The van der Waals surface area contributed by atoms with Crippen LogP contribution < -0.4 is 10.2 Å². The Hall–Kier alpha value is -1.89. The summed E-state index contributed by atoms with van der Waals surface area (Å²) in [6.45, 7) is 2.72. The third-order valence-corrected chi connectivity index (χ3v) is 4.71. The summed E-state index contributed by atoms with van der Waals surface area (Å²) in [5.41, 5.74) is 0. The molecule has 1 aliphatic carbocycles. The molecule has 0 bridgehead atoms. The van der Waals surface area contributed by atoms with Gasteiger partial charge < -0.3 is 14.5 Å². The van der Waals surface area contributed by atoms with Crippen molar-refractivity contribution in [2.75, 3.05) is 50.6 Å². The Balaban J connectivity index is 1.63. The van der Waals surface area contributed by atoms with Crippen LogP contribution in [0, 0.1) is 11.8 Å². The van der Waals surface area contributed by atoms with Crippen molar-refractivity contribution < 1.29 is 9.53 Å². The van der Waals surface area contributed by atoms with E-state index >= 15 is 0 Å². The van der Waals surface area contributed by atoms with Crippen molar-refractivity contribution in [3.63, 3.8) is 0 Å². The van der Waals surface area contributed by atoms with Crippen molar-refractivity contribution >= 4 is 17.8 Å². The summed E-state index contributed by atoms with van der Waals surface area (Å²) in [7, 11) is 3.81. The van der Waals surface area contributed by atoms with E-state index in [0.717, 1.165) is 19.0 Å². The van der Waals surface area contributed by atoms with Gasteiger partial charge in [0.25, 0.3) is 0 Å². The van der Waals surface area contributed by atoms with Gasteiger partial charge in [-0.1, -0.05) is 19.3 Å². The summed E-state index contributed by atoms with van der Waals surface area (Å²) >= 11 is 0. The van der Waals surface area contributed by atoms with Crippen LogP contribution in [0.25, 0.3) is 0 Å². The first-order valence-electron chi connectivity index (χ1n) is 8.27. The van der Waals surface area contributed by atoms with Gasteiger partial charge in [0.2, 0.25) is 5.95 Å². The molecule has 2 amide bonds. The lowest BCUT2D eigenvalue weighted by molar-refractivity contribution is 0.0776. The molecule has 1 aromatic heterocycles. The lowest BCUT2D eigenvalue weighted by Gasteiger charge is -2.34. The molecular formula is C16H25N5O2. The second kappa shape index (κ2) is 7.12. The summed E-state index contributed by atoms with van der Waals surface area (Å²) in [6, 6.07) is 1.66. The molecule has 1 atom stereocenters. The molecule has 1 saturated heterocycles. The van der Waals surface area contributed by atoms with E-state index in [1.54, 1.807) is 6.20 Å². The van der Waals surface area contributed by atoms with Crippen LogP contribution in [0.4, 0.5) is 16.6 Å². The van der Waals surface area contributed by atoms with Crippen molar-refractivity contribution in [2.45, 2.75) is 19.3 Å². The van der Waals surface area contributed by atoms with Crippen LogP contribution in [0.15, 0.2) is 12.3 Å². The maximum absolute atomic E-state index is 12.5. The number of urea groups is 1. The summed E-state index contributed by atoms with van der Waals surface area (Å²) in [5.74, 6) is 2.26. The van der Waals surface area contributed by atoms with Crippen LogP contribution in [-0.4, -0.2) is 61.3 Å². The summed E-state index contributed by atoms with van der Waals surface area (Å²) in [6.07, 6.45) is 5.48. The fraction of sp³-hybridized carbons (Fsp3) is 0.688. The van der Waals surface area contributed by atoms with Crippen molar-refractivity contribution in [3.8, 4) is 0 Å². The van der Waals surface area contributed by atoms with Crippen LogP contribution in [0.5, 0.6) is 0 Å². The number of carbonyl (C=O) groups is 1. The van der Waals surface area contributed by atoms with E-state index in [9.17, 15) is 4.79 Å². The molecule has 2 fully saturated rings. The van der Waals surface area contributed by atoms with E-state index in [1.165, 1.54) is 19.3 Å². The second-order valence-corrected chi connectivity index (χ2v) is 6.54. The van der Waals surface area contributed by atoms with Crippen LogP contribution in [0.3, 0.4) is 0 Å². The topological polar surface area (TPSA) is 70.6 Å². The Morgan fingerprint density at radius 3 is 2.91 bits per heavy atom. The smallest absolute Gasteiger partial charge is 0.324 e. The van der Waals surface area contributed by atoms with Crippen molar-refractivity contribution in [1.82, 2.24) is 14.9 Å².